The largest absolute Gasteiger partial charge is 0.496 e. The number of halogens is 1. The molecule has 1 amide bonds. The normalized spacial score (nSPS) is 15.8. The number of ether oxygens (including phenoxy) is 1. The number of methoxy groups -OCH3 is 1. The van der Waals surface area contributed by atoms with Crippen molar-refractivity contribution in [3.05, 3.63) is 29.6 Å². The van der Waals surface area contributed by atoms with E-state index >= 15 is 0 Å². The molecule has 1 N–H and O–H groups in total. The maximum absolute atomic E-state index is 13.3. The van der Waals surface area contributed by atoms with Crippen molar-refractivity contribution in [1.29, 1.82) is 0 Å². The van der Waals surface area contributed by atoms with Gasteiger partial charge in [-0.25, -0.2) is 4.39 Å². The zero-order valence-corrected chi connectivity index (χ0v) is 13.4. The number of likely N-dealkylation sites (N-methyl/N-ethyl adjacent to an activating group) is 1. The molecule has 4 nitrogen and oxygen atoms in total. The number of carbonyl (C=O) groups excluding carboxylic acids is 1. The molecule has 122 valence electrons. The number of amides is 1. The summed E-state index contributed by atoms with van der Waals surface area (Å²) < 4.78 is 18.4. The lowest BCUT2D eigenvalue weighted by molar-refractivity contribution is 0.0941. The number of hydrogen-bond donors (Lipinski definition) is 1. The Morgan fingerprint density at radius 2 is 2.09 bits per heavy atom. The molecule has 0 unspecified atom stereocenters. The molecule has 0 radical (unpaired) electrons. The highest BCUT2D eigenvalue weighted by atomic mass is 19.1. The predicted molar refractivity (Wildman–Crippen MR) is 84.8 cm³/mol. The standard InChI is InChI=1S/C17H25FN2O2/c1-20(14-6-4-3-5-7-14)11-10-19-17(21)15-12-13(18)8-9-16(15)22-2/h8-9,12,14H,3-7,10-11H2,1-2H3,(H,19,21). The Bertz CT molecular complexity index is 501. The van der Waals surface area contributed by atoms with Crippen molar-refractivity contribution in [3.8, 4) is 5.75 Å². The third kappa shape index (κ3) is 4.44. The highest BCUT2D eigenvalue weighted by Crippen LogP contribution is 2.21. The molecule has 1 aliphatic rings. The number of nitrogens with zero attached hydrogens (tertiary/aromatic N) is 1. The quantitative estimate of drug-likeness (QED) is 0.878. The van der Waals surface area contributed by atoms with Gasteiger partial charge in [0.25, 0.3) is 5.91 Å². The van der Waals surface area contributed by atoms with Gasteiger partial charge in [0.2, 0.25) is 0 Å². The van der Waals surface area contributed by atoms with Crippen LogP contribution in [0.3, 0.4) is 0 Å². The first-order chi connectivity index (χ1) is 10.6. The lowest BCUT2D eigenvalue weighted by atomic mass is 9.94. The van der Waals surface area contributed by atoms with E-state index in [9.17, 15) is 9.18 Å². The zero-order valence-electron chi connectivity index (χ0n) is 13.4. The van der Waals surface area contributed by atoms with Crippen LogP contribution in [0.1, 0.15) is 42.5 Å². The fourth-order valence-corrected chi connectivity index (χ4v) is 3.00. The monoisotopic (exact) mass is 308 g/mol. The van der Waals surface area contributed by atoms with Gasteiger partial charge in [0.15, 0.2) is 0 Å². The second-order valence-corrected chi connectivity index (χ2v) is 5.87. The Hall–Kier alpha value is -1.62. The van der Waals surface area contributed by atoms with E-state index in [1.54, 1.807) is 0 Å². The lowest BCUT2D eigenvalue weighted by Crippen LogP contribution is -2.39. The van der Waals surface area contributed by atoms with Crippen molar-refractivity contribution >= 4 is 5.91 Å². The third-order valence-corrected chi connectivity index (χ3v) is 4.35. The average Bonchev–Trinajstić information content (AvgIpc) is 2.55. The van der Waals surface area contributed by atoms with E-state index in [1.807, 2.05) is 0 Å². The van der Waals surface area contributed by atoms with Gasteiger partial charge in [-0.3, -0.25) is 4.79 Å². The first kappa shape index (κ1) is 16.7. The minimum atomic E-state index is -0.440. The molecule has 0 bridgehead atoms. The zero-order chi connectivity index (χ0) is 15.9. The van der Waals surface area contributed by atoms with Crippen LogP contribution in [0.4, 0.5) is 4.39 Å². The van der Waals surface area contributed by atoms with Crippen LogP contribution in [0.15, 0.2) is 18.2 Å². The summed E-state index contributed by atoms with van der Waals surface area (Å²) in [6, 6.07) is 4.58. The van der Waals surface area contributed by atoms with Gasteiger partial charge in [0, 0.05) is 19.1 Å². The third-order valence-electron chi connectivity index (χ3n) is 4.35. The molecule has 1 fully saturated rings. The smallest absolute Gasteiger partial charge is 0.255 e. The van der Waals surface area contributed by atoms with Crippen LogP contribution in [0, 0.1) is 5.82 Å². The van der Waals surface area contributed by atoms with E-state index in [1.165, 1.54) is 57.4 Å². The number of hydrogen-bond acceptors (Lipinski definition) is 3. The van der Waals surface area contributed by atoms with Crippen molar-refractivity contribution in [2.24, 2.45) is 0 Å². The number of nitrogens with one attached hydrogen (secondary N) is 1. The van der Waals surface area contributed by atoms with E-state index in [-0.39, 0.29) is 11.5 Å². The first-order valence-corrected chi connectivity index (χ1v) is 7.94. The number of carbonyl (C=O) groups is 1. The van der Waals surface area contributed by atoms with Crippen LogP contribution in [-0.4, -0.2) is 44.1 Å². The Morgan fingerprint density at radius 1 is 1.36 bits per heavy atom. The van der Waals surface area contributed by atoms with Crippen molar-refractivity contribution in [2.45, 2.75) is 38.1 Å². The summed E-state index contributed by atoms with van der Waals surface area (Å²) in [4.78, 5) is 14.5. The van der Waals surface area contributed by atoms with Crippen LogP contribution >= 0.6 is 0 Å². The molecule has 0 spiro atoms. The molecule has 0 heterocycles. The van der Waals surface area contributed by atoms with Crippen LogP contribution < -0.4 is 10.1 Å². The van der Waals surface area contributed by atoms with E-state index in [0.29, 0.717) is 18.3 Å². The van der Waals surface area contributed by atoms with Crippen molar-refractivity contribution < 1.29 is 13.9 Å². The SMILES string of the molecule is COc1ccc(F)cc1C(=O)NCCN(C)C1CCCCC1. The van der Waals surface area contributed by atoms with Gasteiger partial charge >= 0.3 is 0 Å². The molecular formula is C17H25FN2O2. The highest BCUT2D eigenvalue weighted by Gasteiger charge is 2.18. The second kappa shape index (κ2) is 8.13. The van der Waals surface area contributed by atoms with Crippen LogP contribution in [-0.2, 0) is 0 Å². The molecule has 22 heavy (non-hydrogen) atoms. The Balaban J connectivity index is 1.83. The number of rotatable bonds is 6. The summed E-state index contributed by atoms with van der Waals surface area (Å²) in [6.45, 7) is 1.35. The minimum Gasteiger partial charge on any atom is -0.496 e. The Labute approximate surface area is 131 Å². The Morgan fingerprint density at radius 3 is 2.77 bits per heavy atom. The van der Waals surface area contributed by atoms with Gasteiger partial charge in [-0.1, -0.05) is 19.3 Å². The van der Waals surface area contributed by atoms with Crippen molar-refractivity contribution in [1.82, 2.24) is 10.2 Å². The summed E-state index contributed by atoms with van der Waals surface area (Å²) in [5, 5.41) is 2.84. The van der Waals surface area contributed by atoms with Crippen LogP contribution in [0.5, 0.6) is 5.75 Å². The minimum absolute atomic E-state index is 0.239. The van der Waals surface area contributed by atoms with Crippen LogP contribution in [0.25, 0.3) is 0 Å². The Kier molecular flexibility index (Phi) is 6.19. The molecular weight excluding hydrogens is 283 g/mol. The summed E-state index contributed by atoms with van der Waals surface area (Å²) in [7, 11) is 3.58. The predicted octanol–water partition coefficient (Wildman–Crippen LogP) is 2.83. The molecule has 2 rings (SSSR count). The van der Waals surface area contributed by atoms with Gasteiger partial charge in [0.05, 0.1) is 12.7 Å². The molecule has 1 aromatic carbocycles. The van der Waals surface area contributed by atoms with Crippen molar-refractivity contribution in [2.75, 3.05) is 27.2 Å². The molecule has 0 saturated heterocycles. The van der Waals surface area contributed by atoms with Gasteiger partial charge in [-0.2, -0.15) is 0 Å². The van der Waals surface area contributed by atoms with E-state index in [2.05, 4.69) is 17.3 Å². The van der Waals surface area contributed by atoms with E-state index in [4.69, 9.17) is 4.74 Å². The van der Waals surface area contributed by atoms with Crippen LogP contribution in [0.2, 0.25) is 0 Å². The topological polar surface area (TPSA) is 41.6 Å². The lowest BCUT2D eigenvalue weighted by Gasteiger charge is -2.31. The summed E-state index contributed by atoms with van der Waals surface area (Å²) in [5.41, 5.74) is 0.239. The molecule has 1 aliphatic carbocycles. The fraction of sp³-hybridized carbons (Fsp3) is 0.588. The maximum atomic E-state index is 13.3. The molecule has 0 aliphatic heterocycles. The second-order valence-electron chi connectivity index (χ2n) is 5.87. The van der Waals surface area contributed by atoms with Gasteiger partial charge in [0.1, 0.15) is 11.6 Å². The van der Waals surface area contributed by atoms with Gasteiger partial charge < -0.3 is 15.0 Å². The van der Waals surface area contributed by atoms with Gasteiger partial charge in [-0.05, 0) is 38.1 Å². The molecule has 1 aromatic rings. The first-order valence-electron chi connectivity index (χ1n) is 7.94. The summed E-state index contributed by atoms with van der Waals surface area (Å²) in [6.07, 6.45) is 6.40. The number of benzene rings is 1. The van der Waals surface area contributed by atoms with E-state index in [0.717, 1.165) is 6.54 Å². The fourth-order valence-electron chi connectivity index (χ4n) is 3.00. The van der Waals surface area contributed by atoms with Gasteiger partial charge in [-0.15, -0.1) is 0 Å². The molecule has 0 atom stereocenters. The van der Waals surface area contributed by atoms with Crippen molar-refractivity contribution in [3.63, 3.8) is 0 Å². The average molecular weight is 308 g/mol. The van der Waals surface area contributed by atoms with E-state index < -0.39 is 5.82 Å². The highest BCUT2D eigenvalue weighted by molar-refractivity contribution is 5.96. The maximum Gasteiger partial charge on any atom is 0.255 e. The molecule has 5 heteroatoms. The molecule has 0 aromatic heterocycles. The molecule has 1 saturated carbocycles. The summed E-state index contributed by atoms with van der Waals surface area (Å²) >= 11 is 0. The summed E-state index contributed by atoms with van der Waals surface area (Å²) in [5.74, 6) is -0.349.